The van der Waals surface area contributed by atoms with E-state index in [-0.39, 0.29) is 24.5 Å². The third kappa shape index (κ3) is 6.09. The van der Waals surface area contributed by atoms with E-state index < -0.39 is 41.3 Å². The number of anilines is 1. The Hall–Kier alpha value is -3.19. The van der Waals surface area contributed by atoms with Crippen LogP contribution in [-0.2, 0) is 23.9 Å². The van der Waals surface area contributed by atoms with Crippen LogP contribution in [0.1, 0.15) is 31.4 Å². The number of Topliss-reactive ketones (excluding diaryl/α,β-unsaturated/α-hetero) is 1. The molecule has 0 aromatic heterocycles. The Morgan fingerprint density at radius 2 is 1.85 bits per heavy atom. The first-order valence-corrected chi connectivity index (χ1v) is 14.8. The van der Waals surface area contributed by atoms with Gasteiger partial charge in [0.25, 0.3) is 5.91 Å². The molecule has 0 bridgehead atoms. The Kier molecular flexibility index (Phi) is 10.9. The van der Waals surface area contributed by atoms with Gasteiger partial charge >= 0.3 is 5.97 Å². The molecular weight excluding hydrogens is 550 g/mol. The molecule has 1 aliphatic heterocycles. The summed E-state index contributed by atoms with van der Waals surface area (Å²) in [6, 6.07) is 13.3. The number of carbonyl (C=O) groups is 4. The molecule has 10 nitrogen and oxygen atoms in total. The van der Waals surface area contributed by atoms with Crippen molar-refractivity contribution in [1.29, 1.82) is 0 Å². The number of benzodiazepines with no additional fused rings is 1. The smallest absolute Gasteiger partial charge is 0.349 e. The highest BCUT2D eigenvalue weighted by molar-refractivity contribution is 7.98. The van der Waals surface area contributed by atoms with Crippen molar-refractivity contribution in [3.63, 3.8) is 0 Å². The maximum Gasteiger partial charge on any atom is 0.349 e. The molecule has 1 aliphatic rings. The number of likely N-dealkylation sites (N-methyl/N-ethyl adjacent to an activating group) is 1. The molecule has 2 unspecified atom stereocenters. The Labute approximate surface area is 244 Å². The third-order valence-electron chi connectivity index (χ3n) is 6.52. The predicted molar refractivity (Wildman–Crippen MR) is 161 cm³/mol. The minimum atomic E-state index is -1.77. The molecule has 0 saturated heterocycles. The number of nitrogens with two attached hydrogens (primary N) is 1. The number of esters is 1. The highest BCUT2D eigenvalue weighted by atomic mass is 32.2. The first-order valence-electron chi connectivity index (χ1n) is 12.8. The number of aliphatic imine (C=N–C) groups is 1. The van der Waals surface area contributed by atoms with Crippen LogP contribution in [0.5, 0.6) is 0 Å². The summed E-state index contributed by atoms with van der Waals surface area (Å²) < 4.78 is 5.42. The quantitative estimate of drug-likeness (QED) is 0.149. The first-order chi connectivity index (χ1) is 19.2. The number of ketones is 1. The monoisotopic (exact) mass is 585 g/mol. The van der Waals surface area contributed by atoms with Gasteiger partial charge in [0.05, 0.1) is 24.0 Å². The number of thiol groups is 1. The maximum atomic E-state index is 14.4. The molecule has 2 aromatic carbocycles. The van der Waals surface area contributed by atoms with Crippen molar-refractivity contribution >= 4 is 59.4 Å². The molecule has 0 fully saturated rings. The van der Waals surface area contributed by atoms with Gasteiger partial charge in [0.15, 0.2) is 11.8 Å². The number of hydrogen-bond donors (Lipinski definition) is 3. The fourth-order valence-electron chi connectivity index (χ4n) is 4.57. The molecule has 0 radical (unpaired) electrons. The molecule has 1 heterocycles. The van der Waals surface area contributed by atoms with E-state index >= 15 is 0 Å². The van der Waals surface area contributed by atoms with Crippen molar-refractivity contribution in [2.45, 2.75) is 38.0 Å². The number of fused-ring (bicyclic) bond motifs is 1. The largest absolute Gasteiger partial charge is 0.463 e. The van der Waals surface area contributed by atoms with E-state index in [0.29, 0.717) is 22.6 Å². The van der Waals surface area contributed by atoms with E-state index in [0.717, 1.165) is 10.0 Å². The van der Waals surface area contributed by atoms with E-state index in [9.17, 15) is 19.2 Å². The van der Waals surface area contributed by atoms with Gasteiger partial charge in [-0.25, -0.2) is 14.8 Å². The molecule has 0 aliphatic carbocycles. The topological polar surface area (TPSA) is 134 Å². The van der Waals surface area contributed by atoms with Gasteiger partial charge in [-0.3, -0.25) is 24.7 Å². The van der Waals surface area contributed by atoms with Crippen LogP contribution in [0.15, 0.2) is 59.6 Å². The minimum Gasteiger partial charge on any atom is -0.463 e. The summed E-state index contributed by atoms with van der Waals surface area (Å²) in [5.74, 6) is -2.42. The summed E-state index contributed by atoms with van der Waals surface area (Å²) in [4.78, 5) is 59.8. The number of hydrogen-bond acceptors (Lipinski definition) is 10. The van der Waals surface area contributed by atoms with E-state index in [1.807, 2.05) is 36.6 Å². The van der Waals surface area contributed by atoms with E-state index in [4.69, 9.17) is 10.5 Å². The highest BCUT2D eigenvalue weighted by Gasteiger charge is 2.52. The number of nitrogens with one attached hydrogen (secondary N) is 1. The van der Waals surface area contributed by atoms with Crippen LogP contribution in [0.4, 0.5) is 5.69 Å². The zero-order chi connectivity index (χ0) is 29.4. The standard InChI is InChI=1S/C28H35N5O5S2/c1-5-38-27(37)28(30-3,15-16-40-4)33(18(2)34)32-22-14-10-9-13-20(22)23(19-11-7-6-8-12-19)31-24(26(32)36)25(35)21(29)17-39/h6-14,21,24,30,39H,5,15-17,29H2,1-4H3/t21?,24?,28-/m0/s1. The molecule has 214 valence electrons. The molecule has 3 atom stereocenters. The minimum absolute atomic E-state index is 0.0147. The molecule has 0 saturated carbocycles. The van der Waals surface area contributed by atoms with Crippen molar-refractivity contribution in [3.05, 3.63) is 65.7 Å². The summed E-state index contributed by atoms with van der Waals surface area (Å²) in [6.07, 6.45) is 1.97. The number of amides is 2. The molecular formula is C28H35N5O5S2. The Morgan fingerprint density at radius 3 is 2.42 bits per heavy atom. The van der Waals surface area contributed by atoms with Crippen LogP contribution in [0.3, 0.4) is 0 Å². The average molecular weight is 586 g/mol. The van der Waals surface area contributed by atoms with Crippen molar-refractivity contribution in [1.82, 2.24) is 10.3 Å². The van der Waals surface area contributed by atoms with Crippen LogP contribution in [0.2, 0.25) is 0 Å². The Balaban J connectivity index is 2.39. The lowest BCUT2D eigenvalue weighted by atomic mass is 10.00. The zero-order valence-electron chi connectivity index (χ0n) is 23.0. The van der Waals surface area contributed by atoms with Gasteiger partial charge in [0, 0.05) is 30.2 Å². The summed E-state index contributed by atoms with van der Waals surface area (Å²) in [5.41, 5.74) is 6.07. The second-order valence-electron chi connectivity index (χ2n) is 9.01. The van der Waals surface area contributed by atoms with Crippen LogP contribution in [0.25, 0.3) is 0 Å². The van der Waals surface area contributed by atoms with Gasteiger partial charge in [-0.1, -0.05) is 48.5 Å². The van der Waals surface area contributed by atoms with Crippen LogP contribution in [-0.4, -0.2) is 83.5 Å². The van der Waals surface area contributed by atoms with Crippen molar-refractivity contribution in [3.8, 4) is 0 Å². The fourth-order valence-corrected chi connectivity index (χ4v) is 5.24. The number of thioether (sulfide) groups is 1. The average Bonchev–Trinajstić information content (AvgIpc) is 3.09. The SMILES string of the molecule is CCOC(=O)[C@@](CCSC)(NC)N(C(C)=O)N1C(=O)C(C(=O)C(N)CS)N=C(c2ccccc2)c2ccccc21. The fraction of sp³-hybridized carbons (Fsp3) is 0.393. The molecule has 0 spiro atoms. The number of rotatable bonds is 12. The molecule has 3 rings (SSSR count). The molecule has 40 heavy (non-hydrogen) atoms. The molecule has 2 amide bonds. The van der Waals surface area contributed by atoms with E-state index in [1.165, 1.54) is 25.7 Å². The molecule has 3 N–H and O–H groups in total. The third-order valence-corrected chi connectivity index (χ3v) is 7.53. The van der Waals surface area contributed by atoms with Gasteiger partial charge in [0.2, 0.25) is 11.6 Å². The summed E-state index contributed by atoms with van der Waals surface area (Å²) >= 11 is 5.63. The lowest BCUT2D eigenvalue weighted by molar-refractivity contribution is -0.168. The second kappa shape index (κ2) is 13.9. The van der Waals surface area contributed by atoms with Crippen LogP contribution < -0.4 is 16.1 Å². The number of ether oxygens (including phenoxy) is 1. The van der Waals surface area contributed by atoms with Gasteiger partial charge in [0.1, 0.15) is 0 Å². The van der Waals surface area contributed by atoms with Crippen molar-refractivity contribution < 1.29 is 23.9 Å². The van der Waals surface area contributed by atoms with Crippen LogP contribution in [0, 0.1) is 0 Å². The van der Waals surface area contributed by atoms with Gasteiger partial charge in [-0.15, -0.1) is 0 Å². The lowest BCUT2D eigenvalue weighted by Crippen LogP contribution is -2.72. The lowest BCUT2D eigenvalue weighted by Gasteiger charge is -2.46. The van der Waals surface area contributed by atoms with Crippen molar-refractivity contribution in [2.75, 3.05) is 36.4 Å². The van der Waals surface area contributed by atoms with E-state index in [1.54, 1.807) is 31.2 Å². The number of para-hydroxylation sites is 1. The summed E-state index contributed by atoms with van der Waals surface area (Å²) in [6.45, 7) is 2.96. The summed E-state index contributed by atoms with van der Waals surface area (Å²) in [7, 11) is 1.52. The van der Waals surface area contributed by atoms with Gasteiger partial charge < -0.3 is 10.5 Å². The van der Waals surface area contributed by atoms with Crippen LogP contribution >= 0.6 is 24.4 Å². The van der Waals surface area contributed by atoms with Crippen molar-refractivity contribution in [2.24, 2.45) is 10.7 Å². The number of carbonyl (C=O) groups excluding carboxylic acids is 4. The normalized spacial score (nSPS) is 17.1. The van der Waals surface area contributed by atoms with E-state index in [2.05, 4.69) is 22.9 Å². The first kappa shape index (κ1) is 31.3. The number of hydrazine groups is 1. The molecule has 2 aromatic rings. The Bertz CT molecular complexity index is 1270. The number of benzene rings is 2. The predicted octanol–water partition coefficient (Wildman–Crippen LogP) is 2.06. The maximum absolute atomic E-state index is 14.4. The zero-order valence-corrected chi connectivity index (χ0v) is 24.7. The van der Waals surface area contributed by atoms with Gasteiger partial charge in [-0.05, 0) is 32.0 Å². The molecule has 12 heteroatoms. The summed E-state index contributed by atoms with van der Waals surface area (Å²) in [5, 5.41) is 5.11. The number of nitrogens with zero attached hydrogens (tertiary/aromatic N) is 3. The second-order valence-corrected chi connectivity index (χ2v) is 10.4. The highest BCUT2D eigenvalue weighted by Crippen LogP contribution is 2.34. The van der Waals surface area contributed by atoms with Gasteiger partial charge in [-0.2, -0.15) is 24.4 Å². The Morgan fingerprint density at radius 1 is 1.20 bits per heavy atom.